The van der Waals surface area contributed by atoms with Crippen LogP contribution in [-0.4, -0.2) is 24.1 Å². The Morgan fingerprint density at radius 1 is 1.54 bits per heavy atom. The van der Waals surface area contributed by atoms with Crippen molar-refractivity contribution in [3.05, 3.63) is 24.0 Å². The molecule has 0 radical (unpaired) electrons. The minimum Gasteiger partial charge on any atom is -0.336 e. The lowest BCUT2D eigenvalue weighted by atomic mass is 10.3. The highest BCUT2D eigenvalue weighted by molar-refractivity contribution is 5.93. The highest BCUT2D eigenvalue weighted by Crippen LogP contribution is 2.14. The van der Waals surface area contributed by atoms with Crippen LogP contribution >= 0.6 is 0 Å². The van der Waals surface area contributed by atoms with Crippen molar-refractivity contribution in [2.45, 2.75) is 6.92 Å². The van der Waals surface area contributed by atoms with Crippen molar-refractivity contribution >= 4 is 11.7 Å². The standard InChI is InChI=1S/C9H11N3O/c1-7-2-3-8(6-11-7)12-5-4-10-9(12)13/h2-3,6H,4-5H2,1H3,(H,10,13). The molecule has 4 heteroatoms. The van der Waals surface area contributed by atoms with E-state index in [-0.39, 0.29) is 6.03 Å². The van der Waals surface area contributed by atoms with Gasteiger partial charge in [-0.3, -0.25) is 9.88 Å². The third-order valence-corrected chi connectivity index (χ3v) is 2.06. The summed E-state index contributed by atoms with van der Waals surface area (Å²) in [5.74, 6) is 0. The number of anilines is 1. The summed E-state index contributed by atoms with van der Waals surface area (Å²) in [6, 6.07) is 3.78. The van der Waals surface area contributed by atoms with Crippen molar-refractivity contribution in [3.8, 4) is 0 Å². The van der Waals surface area contributed by atoms with E-state index in [2.05, 4.69) is 10.3 Å². The van der Waals surface area contributed by atoms with Crippen molar-refractivity contribution < 1.29 is 4.79 Å². The van der Waals surface area contributed by atoms with Gasteiger partial charge in [0.1, 0.15) is 0 Å². The van der Waals surface area contributed by atoms with E-state index in [0.29, 0.717) is 6.54 Å². The van der Waals surface area contributed by atoms with E-state index in [1.807, 2.05) is 19.1 Å². The van der Waals surface area contributed by atoms with Gasteiger partial charge in [0, 0.05) is 18.8 Å². The molecule has 1 aromatic rings. The Kier molecular flexibility index (Phi) is 1.88. The molecule has 0 unspecified atom stereocenters. The van der Waals surface area contributed by atoms with Crippen LogP contribution in [0.5, 0.6) is 0 Å². The SMILES string of the molecule is Cc1ccc(N2CCNC2=O)cn1. The predicted molar refractivity (Wildman–Crippen MR) is 49.7 cm³/mol. The summed E-state index contributed by atoms with van der Waals surface area (Å²) in [7, 11) is 0. The number of aryl methyl sites for hydroxylation is 1. The van der Waals surface area contributed by atoms with Gasteiger partial charge in [0.2, 0.25) is 0 Å². The van der Waals surface area contributed by atoms with Gasteiger partial charge in [-0.25, -0.2) is 4.79 Å². The molecule has 1 aliphatic rings. The van der Waals surface area contributed by atoms with Crippen molar-refractivity contribution in [1.29, 1.82) is 0 Å². The first-order valence-electron chi connectivity index (χ1n) is 4.25. The maximum atomic E-state index is 11.2. The lowest BCUT2D eigenvalue weighted by Gasteiger charge is -2.13. The molecule has 13 heavy (non-hydrogen) atoms. The number of aromatic nitrogens is 1. The Hall–Kier alpha value is -1.58. The average molecular weight is 177 g/mol. The van der Waals surface area contributed by atoms with Gasteiger partial charge in [0.25, 0.3) is 0 Å². The Balaban J connectivity index is 2.25. The van der Waals surface area contributed by atoms with Gasteiger partial charge in [-0.15, -0.1) is 0 Å². The van der Waals surface area contributed by atoms with Gasteiger partial charge in [0.05, 0.1) is 11.9 Å². The normalized spacial score (nSPS) is 16.1. The Morgan fingerprint density at radius 3 is 2.92 bits per heavy atom. The summed E-state index contributed by atoms with van der Waals surface area (Å²) in [5.41, 5.74) is 1.82. The van der Waals surface area contributed by atoms with Gasteiger partial charge in [-0.05, 0) is 19.1 Å². The molecule has 1 N–H and O–H groups in total. The molecule has 1 fully saturated rings. The fourth-order valence-corrected chi connectivity index (χ4v) is 1.34. The van der Waals surface area contributed by atoms with E-state index in [1.165, 1.54) is 0 Å². The van der Waals surface area contributed by atoms with Crippen molar-refractivity contribution in [2.75, 3.05) is 18.0 Å². The van der Waals surface area contributed by atoms with E-state index >= 15 is 0 Å². The van der Waals surface area contributed by atoms with Gasteiger partial charge in [0.15, 0.2) is 0 Å². The number of carbonyl (C=O) groups excluding carboxylic acids is 1. The Morgan fingerprint density at radius 2 is 2.38 bits per heavy atom. The lowest BCUT2D eigenvalue weighted by Crippen LogP contribution is -2.27. The van der Waals surface area contributed by atoms with E-state index in [4.69, 9.17) is 0 Å². The largest absolute Gasteiger partial charge is 0.336 e. The van der Waals surface area contributed by atoms with Crippen LogP contribution < -0.4 is 10.2 Å². The number of pyridine rings is 1. The fourth-order valence-electron chi connectivity index (χ4n) is 1.34. The number of rotatable bonds is 1. The summed E-state index contributed by atoms with van der Waals surface area (Å²) >= 11 is 0. The maximum absolute atomic E-state index is 11.2. The third-order valence-electron chi connectivity index (χ3n) is 2.06. The smallest absolute Gasteiger partial charge is 0.322 e. The summed E-state index contributed by atoms with van der Waals surface area (Å²) in [5, 5.41) is 2.74. The number of amides is 2. The monoisotopic (exact) mass is 177 g/mol. The number of nitrogens with zero attached hydrogens (tertiary/aromatic N) is 2. The van der Waals surface area contributed by atoms with Crippen LogP contribution in [0.2, 0.25) is 0 Å². The summed E-state index contributed by atoms with van der Waals surface area (Å²) in [4.78, 5) is 17.1. The van der Waals surface area contributed by atoms with Crippen LogP contribution in [0.15, 0.2) is 18.3 Å². The molecule has 1 aliphatic heterocycles. The molecule has 2 amide bonds. The van der Waals surface area contributed by atoms with Gasteiger partial charge >= 0.3 is 6.03 Å². The Bertz CT molecular complexity index is 320. The second-order valence-electron chi connectivity index (χ2n) is 3.04. The second kappa shape index (κ2) is 3.05. The van der Waals surface area contributed by atoms with Gasteiger partial charge in [-0.1, -0.05) is 0 Å². The zero-order chi connectivity index (χ0) is 9.26. The van der Waals surface area contributed by atoms with Crippen LogP contribution in [0.4, 0.5) is 10.5 Å². The molecule has 1 saturated heterocycles. The zero-order valence-electron chi connectivity index (χ0n) is 7.45. The van der Waals surface area contributed by atoms with Gasteiger partial charge in [-0.2, -0.15) is 0 Å². The molecule has 68 valence electrons. The first-order valence-corrected chi connectivity index (χ1v) is 4.25. The van der Waals surface area contributed by atoms with Crippen molar-refractivity contribution in [3.63, 3.8) is 0 Å². The van der Waals surface area contributed by atoms with E-state index in [0.717, 1.165) is 17.9 Å². The quantitative estimate of drug-likeness (QED) is 0.693. The van der Waals surface area contributed by atoms with Crippen LogP contribution in [0.25, 0.3) is 0 Å². The Labute approximate surface area is 76.6 Å². The minimum atomic E-state index is -0.0364. The number of carbonyl (C=O) groups is 1. The van der Waals surface area contributed by atoms with Crippen LogP contribution in [-0.2, 0) is 0 Å². The first-order chi connectivity index (χ1) is 6.27. The number of hydrogen-bond donors (Lipinski definition) is 1. The van der Waals surface area contributed by atoms with Crippen molar-refractivity contribution in [2.24, 2.45) is 0 Å². The molecule has 0 saturated carbocycles. The van der Waals surface area contributed by atoms with Crippen molar-refractivity contribution in [1.82, 2.24) is 10.3 Å². The molecule has 2 rings (SSSR count). The van der Waals surface area contributed by atoms with Gasteiger partial charge < -0.3 is 5.32 Å². The molecule has 0 aromatic carbocycles. The highest BCUT2D eigenvalue weighted by atomic mass is 16.2. The van der Waals surface area contributed by atoms with Crippen LogP contribution in [0, 0.1) is 6.92 Å². The molecule has 0 aliphatic carbocycles. The first kappa shape index (κ1) is 8.04. The molecule has 4 nitrogen and oxygen atoms in total. The molecular weight excluding hydrogens is 166 g/mol. The molecule has 0 bridgehead atoms. The topological polar surface area (TPSA) is 45.2 Å². The number of urea groups is 1. The highest BCUT2D eigenvalue weighted by Gasteiger charge is 2.20. The minimum absolute atomic E-state index is 0.0364. The van der Waals surface area contributed by atoms with Crippen LogP contribution in [0.1, 0.15) is 5.69 Å². The van der Waals surface area contributed by atoms with E-state index in [1.54, 1.807) is 11.1 Å². The fraction of sp³-hybridized carbons (Fsp3) is 0.333. The maximum Gasteiger partial charge on any atom is 0.322 e. The average Bonchev–Trinajstić information content (AvgIpc) is 2.53. The number of hydrogen-bond acceptors (Lipinski definition) is 2. The molecule has 0 spiro atoms. The summed E-state index contributed by atoms with van der Waals surface area (Å²) in [6.45, 7) is 3.37. The lowest BCUT2D eigenvalue weighted by molar-refractivity contribution is 0.252. The summed E-state index contributed by atoms with van der Waals surface area (Å²) in [6.07, 6.45) is 1.72. The third kappa shape index (κ3) is 1.47. The zero-order valence-corrected chi connectivity index (χ0v) is 7.45. The molecular formula is C9H11N3O. The van der Waals surface area contributed by atoms with E-state index in [9.17, 15) is 4.79 Å². The molecule has 0 atom stereocenters. The van der Waals surface area contributed by atoms with E-state index < -0.39 is 0 Å². The molecule has 2 heterocycles. The number of nitrogens with one attached hydrogen (secondary N) is 1. The van der Waals surface area contributed by atoms with Crippen LogP contribution in [0.3, 0.4) is 0 Å². The molecule has 1 aromatic heterocycles. The summed E-state index contributed by atoms with van der Waals surface area (Å²) < 4.78 is 0. The predicted octanol–water partition coefficient (Wildman–Crippen LogP) is 0.920. The second-order valence-corrected chi connectivity index (χ2v) is 3.04.